The Balaban J connectivity index is 2.50. The Bertz CT molecular complexity index is 163. The van der Waals surface area contributed by atoms with Gasteiger partial charge in [-0.2, -0.15) is 0 Å². The maximum absolute atomic E-state index is 10.9. The number of rotatable bonds is 0. The summed E-state index contributed by atoms with van der Waals surface area (Å²) in [5.41, 5.74) is -0.147. The fourth-order valence-electron chi connectivity index (χ4n) is 1.22. The van der Waals surface area contributed by atoms with Gasteiger partial charge in [0.1, 0.15) is 5.50 Å². The van der Waals surface area contributed by atoms with Crippen molar-refractivity contribution in [3.05, 3.63) is 0 Å². The monoisotopic (exact) mass is 176 g/mol. The van der Waals surface area contributed by atoms with Gasteiger partial charge in [0.05, 0.1) is 0 Å². The first-order valence-electron chi connectivity index (χ1n) is 3.71. The van der Waals surface area contributed by atoms with E-state index in [0.29, 0.717) is 0 Å². The molecule has 1 amide bonds. The summed E-state index contributed by atoms with van der Waals surface area (Å²) in [6, 6.07) is 0. The lowest BCUT2D eigenvalue weighted by molar-refractivity contribution is -0.131. The van der Waals surface area contributed by atoms with Crippen molar-refractivity contribution >= 4 is 17.5 Å². The van der Waals surface area contributed by atoms with Crippen molar-refractivity contribution in [2.24, 2.45) is 0 Å². The molecule has 4 heteroatoms. The first-order chi connectivity index (χ1) is 5.11. The molecule has 1 rings (SSSR count). The van der Waals surface area contributed by atoms with Crippen molar-refractivity contribution in [1.29, 1.82) is 0 Å². The summed E-state index contributed by atoms with van der Waals surface area (Å²) in [5.74, 6) is 0.0677. The second-order valence-corrected chi connectivity index (χ2v) is 3.41. The minimum Gasteiger partial charge on any atom is -0.324 e. The summed E-state index contributed by atoms with van der Waals surface area (Å²) in [4.78, 5) is 14.8. The summed E-state index contributed by atoms with van der Waals surface area (Å²) in [6.45, 7) is 3.99. The highest BCUT2D eigenvalue weighted by atomic mass is 35.5. The van der Waals surface area contributed by atoms with Gasteiger partial charge in [-0.25, -0.2) is 0 Å². The number of alkyl halides is 1. The third-order valence-corrected chi connectivity index (χ3v) is 2.30. The van der Waals surface area contributed by atoms with Gasteiger partial charge in [-0.15, -0.1) is 0 Å². The van der Waals surface area contributed by atoms with Crippen LogP contribution in [0.4, 0.5) is 0 Å². The Morgan fingerprint density at radius 3 is 2.64 bits per heavy atom. The molecule has 1 unspecified atom stereocenters. The predicted molar refractivity (Wildman–Crippen MR) is 44.5 cm³/mol. The van der Waals surface area contributed by atoms with E-state index in [9.17, 15) is 4.79 Å². The third kappa shape index (κ3) is 2.07. The zero-order chi connectivity index (χ0) is 8.43. The molecule has 0 aromatic heterocycles. The second kappa shape index (κ2) is 3.41. The van der Waals surface area contributed by atoms with Crippen LogP contribution in [0.5, 0.6) is 0 Å². The predicted octanol–water partition coefficient (Wildman–Crippen LogP) is 0.345. The number of piperazine rings is 1. The quantitative estimate of drug-likeness (QED) is 0.393. The van der Waals surface area contributed by atoms with Crippen LogP contribution < -0.4 is 0 Å². The Labute approximate surface area is 71.9 Å². The molecule has 0 N–H and O–H groups in total. The van der Waals surface area contributed by atoms with Crippen LogP contribution in [0.1, 0.15) is 6.92 Å². The fraction of sp³-hybridized carbons (Fsp3) is 0.857. The van der Waals surface area contributed by atoms with Gasteiger partial charge in [0.25, 0.3) is 0 Å². The van der Waals surface area contributed by atoms with E-state index in [1.165, 1.54) is 0 Å². The van der Waals surface area contributed by atoms with Crippen LogP contribution in [0.25, 0.3) is 0 Å². The van der Waals surface area contributed by atoms with Gasteiger partial charge in [0.15, 0.2) is 0 Å². The Morgan fingerprint density at radius 2 is 2.18 bits per heavy atom. The van der Waals surface area contributed by atoms with Crippen molar-refractivity contribution in [3.8, 4) is 0 Å². The maximum atomic E-state index is 10.9. The molecule has 1 aliphatic heterocycles. The standard InChI is InChI=1S/C7H13ClN2O/c1-6(11)10-4-3-9(2)5-7(10)8/h7H,3-5H2,1-2H3. The van der Waals surface area contributed by atoms with Gasteiger partial charge >= 0.3 is 0 Å². The van der Waals surface area contributed by atoms with Gasteiger partial charge in [-0.3, -0.25) is 4.79 Å². The van der Waals surface area contributed by atoms with Gasteiger partial charge < -0.3 is 9.80 Å². The van der Waals surface area contributed by atoms with Crippen molar-refractivity contribution in [2.45, 2.75) is 12.4 Å². The van der Waals surface area contributed by atoms with Crippen LogP contribution in [0, 0.1) is 0 Å². The van der Waals surface area contributed by atoms with Crippen LogP contribution >= 0.6 is 11.6 Å². The van der Waals surface area contributed by atoms with E-state index in [-0.39, 0.29) is 11.4 Å². The van der Waals surface area contributed by atoms with Gasteiger partial charge in [-0.05, 0) is 7.05 Å². The van der Waals surface area contributed by atoms with Gasteiger partial charge in [0.2, 0.25) is 5.91 Å². The average Bonchev–Trinajstić information content (AvgIpc) is 1.85. The lowest BCUT2D eigenvalue weighted by Crippen LogP contribution is -2.50. The van der Waals surface area contributed by atoms with Crippen molar-refractivity contribution in [3.63, 3.8) is 0 Å². The number of nitrogens with zero attached hydrogens (tertiary/aromatic N) is 2. The van der Waals surface area contributed by atoms with E-state index >= 15 is 0 Å². The summed E-state index contributed by atoms with van der Waals surface area (Å²) >= 11 is 5.94. The molecule has 64 valence electrons. The second-order valence-electron chi connectivity index (χ2n) is 2.91. The molecular weight excluding hydrogens is 164 g/mol. The molecule has 1 heterocycles. The zero-order valence-electron chi connectivity index (χ0n) is 6.88. The summed E-state index contributed by atoms with van der Waals surface area (Å²) in [7, 11) is 2.01. The number of carbonyl (C=O) groups is 1. The largest absolute Gasteiger partial charge is 0.324 e. The smallest absolute Gasteiger partial charge is 0.220 e. The Kier molecular flexibility index (Phi) is 2.73. The van der Waals surface area contributed by atoms with E-state index in [1.807, 2.05) is 7.05 Å². The lowest BCUT2D eigenvalue weighted by atomic mass is 10.3. The van der Waals surface area contributed by atoms with E-state index in [0.717, 1.165) is 19.6 Å². The van der Waals surface area contributed by atoms with Crippen molar-refractivity contribution in [2.75, 3.05) is 26.7 Å². The molecule has 0 spiro atoms. The molecule has 1 fully saturated rings. The molecule has 0 aromatic carbocycles. The summed E-state index contributed by atoms with van der Waals surface area (Å²) in [6.07, 6.45) is 0. The number of likely N-dealkylation sites (N-methyl/N-ethyl adjacent to an activating group) is 1. The first-order valence-corrected chi connectivity index (χ1v) is 4.14. The highest BCUT2D eigenvalue weighted by molar-refractivity contribution is 6.21. The molecule has 0 aliphatic carbocycles. The molecule has 1 aliphatic rings. The fourth-order valence-corrected chi connectivity index (χ4v) is 1.69. The third-order valence-electron chi connectivity index (χ3n) is 1.93. The van der Waals surface area contributed by atoms with E-state index in [1.54, 1.807) is 11.8 Å². The molecule has 0 aromatic rings. The normalized spacial score (nSPS) is 27.2. The lowest BCUT2D eigenvalue weighted by Gasteiger charge is -2.35. The van der Waals surface area contributed by atoms with Gasteiger partial charge in [-0.1, -0.05) is 11.6 Å². The molecule has 0 radical (unpaired) electrons. The maximum Gasteiger partial charge on any atom is 0.220 e. The number of carbonyl (C=O) groups excluding carboxylic acids is 1. The number of halogens is 1. The zero-order valence-corrected chi connectivity index (χ0v) is 7.64. The molecule has 3 nitrogen and oxygen atoms in total. The average molecular weight is 177 g/mol. The summed E-state index contributed by atoms with van der Waals surface area (Å²) in [5, 5.41) is 0. The minimum atomic E-state index is -0.147. The van der Waals surface area contributed by atoms with Crippen LogP contribution in [0.3, 0.4) is 0 Å². The first kappa shape index (κ1) is 8.81. The molecule has 11 heavy (non-hydrogen) atoms. The SMILES string of the molecule is CC(=O)N1CCN(C)CC1Cl. The van der Waals surface area contributed by atoms with E-state index < -0.39 is 0 Å². The van der Waals surface area contributed by atoms with Crippen LogP contribution in [0.15, 0.2) is 0 Å². The molecule has 1 saturated heterocycles. The van der Waals surface area contributed by atoms with Gasteiger partial charge in [0, 0.05) is 26.6 Å². The Morgan fingerprint density at radius 1 is 1.55 bits per heavy atom. The van der Waals surface area contributed by atoms with E-state index in [2.05, 4.69) is 4.90 Å². The van der Waals surface area contributed by atoms with Crippen LogP contribution in [-0.4, -0.2) is 47.9 Å². The molecule has 0 saturated carbocycles. The van der Waals surface area contributed by atoms with Crippen molar-refractivity contribution in [1.82, 2.24) is 9.80 Å². The van der Waals surface area contributed by atoms with Crippen LogP contribution in [0.2, 0.25) is 0 Å². The molecular formula is C7H13ClN2O. The number of amides is 1. The Hall–Kier alpha value is -0.280. The molecule has 0 bridgehead atoms. The highest BCUT2D eigenvalue weighted by Crippen LogP contribution is 2.11. The van der Waals surface area contributed by atoms with Crippen molar-refractivity contribution < 1.29 is 4.79 Å². The molecule has 1 atom stereocenters. The van der Waals surface area contributed by atoms with E-state index in [4.69, 9.17) is 11.6 Å². The summed E-state index contributed by atoms with van der Waals surface area (Å²) < 4.78 is 0. The highest BCUT2D eigenvalue weighted by Gasteiger charge is 2.24. The van der Waals surface area contributed by atoms with Crippen LogP contribution in [-0.2, 0) is 4.79 Å². The number of hydrogen-bond acceptors (Lipinski definition) is 2. The topological polar surface area (TPSA) is 23.6 Å². The minimum absolute atomic E-state index is 0.0677. The number of hydrogen-bond donors (Lipinski definition) is 0.